The van der Waals surface area contributed by atoms with E-state index in [2.05, 4.69) is 34.9 Å². The van der Waals surface area contributed by atoms with Crippen LogP contribution >= 0.6 is 0 Å². The van der Waals surface area contributed by atoms with Gasteiger partial charge in [-0.25, -0.2) is 13.8 Å². The molecule has 2 heterocycles. The van der Waals surface area contributed by atoms with Crippen LogP contribution in [0.25, 0.3) is 11.3 Å². The van der Waals surface area contributed by atoms with Gasteiger partial charge < -0.3 is 0 Å². The maximum atomic E-state index is 14.4. The van der Waals surface area contributed by atoms with Crippen LogP contribution in [0.15, 0.2) is 36.7 Å². The van der Waals surface area contributed by atoms with Gasteiger partial charge in [0.2, 0.25) is 0 Å². The smallest absolute Gasteiger partial charge is 0.182 e. The van der Waals surface area contributed by atoms with Crippen molar-refractivity contribution in [3.63, 3.8) is 0 Å². The Balaban J connectivity index is 1.60. The second-order valence-corrected chi connectivity index (χ2v) is 9.62. The Morgan fingerprint density at radius 2 is 1.97 bits per heavy atom. The van der Waals surface area contributed by atoms with Crippen LogP contribution in [-0.4, -0.2) is 25.9 Å². The number of nitrogens with zero attached hydrogens (tertiary/aromatic N) is 4. The van der Waals surface area contributed by atoms with Crippen LogP contribution in [0.4, 0.5) is 8.78 Å². The van der Waals surface area contributed by atoms with E-state index in [9.17, 15) is 13.6 Å². The highest BCUT2D eigenvalue weighted by atomic mass is 19.1. The van der Waals surface area contributed by atoms with Crippen molar-refractivity contribution in [3.05, 3.63) is 70.9 Å². The minimum Gasteiger partial charge on any atom is -0.292 e. The largest absolute Gasteiger partial charge is 0.292 e. The van der Waals surface area contributed by atoms with Gasteiger partial charge in [0, 0.05) is 19.0 Å². The van der Waals surface area contributed by atoms with Gasteiger partial charge in [-0.15, -0.1) is 17.4 Å². The molecule has 5 nitrogen and oxygen atoms in total. The van der Waals surface area contributed by atoms with E-state index in [0.717, 1.165) is 24.1 Å². The molecule has 34 heavy (non-hydrogen) atoms. The highest BCUT2D eigenvalue weighted by molar-refractivity contribution is 5.94. The zero-order valence-corrected chi connectivity index (χ0v) is 19.1. The van der Waals surface area contributed by atoms with Gasteiger partial charge in [-0.05, 0) is 54.4 Å². The SMILES string of the molecule is C#CCCCC(=O)c1cncc([C@@]23CC[C@@H](c4cc(-c5c(F)cccc5F)nnc42)C3(C)C)n1. The number of benzene rings is 1. The monoisotopic (exact) mass is 458 g/mol. The molecule has 2 bridgehead atoms. The summed E-state index contributed by atoms with van der Waals surface area (Å²) in [6, 6.07) is 5.52. The quantitative estimate of drug-likeness (QED) is 0.281. The molecule has 2 aliphatic rings. The van der Waals surface area contributed by atoms with Crippen LogP contribution in [0.1, 0.15) is 79.3 Å². The molecule has 3 aromatic rings. The second kappa shape index (κ2) is 8.05. The first kappa shape index (κ1) is 22.3. The van der Waals surface area contributed by atoms with Gasteiger partial charge in [0.15, 0.2) is 5.78 Å². The molecule has 0 saturated heterocycles. The molecule has 1 saturated carbocycles. The Morgan fingerprint density at radius 3 is 2.71 bits per heavy atom. The molecule has 0 radical (unpaired) electrons. The van der Waals surface area contributed by atoms with Gasteiger partial charge in [0.1, 0.15) is 17.3 Å². The number of unbranched alkanes of at least 4 members (excludes halogenated alkanes) is 1. The Bertz CT molecular complexity index is 1330. The number of rotatable bonds is 6. The molecule has 1 aromatic carbocycles. The lowest BCUT2D eigenvalue weighted by atomic mass is 9.66. The lowest BCUT2D eigenvalue weighted by molar-refractivity contribution is 0.0974. The highest BCUT2D eigenvalue weighted by Crippen LogP contribution is 2.69. The van der Waals surface area contributed by atoms with Crippen LogP contribution < -0.4 is 0 Å². The number of carbonyl (C=O) groups excluding carboxylic acids is 1. The number of ketones is 1. The number of terminal acetylenes is 1. The first-order valence-corrected chi connectivity index (χ1v) is 11.4. The van der Waals surface area contributed by atoms with Crippen molar-refractivity contribution in [1.29, 1.82) is 0 Å². The van der Waals surface area contributed by atoms with Crippen LogP contribution in [-0.2, 0) is 5.41 Å². The lowest BCUT2D eigenvalue weighted by Crippen LogP contribution is -2.38. The van der Waals surface area contributed by atoms with Crippen molar-refractivity contribution in [1.82, 2.24) is 20.2 Å². The minimum absolute atomic E-state index is 0.0944. The Hall–Kier alpha value is -3.53. The number of fused-ring (bicyclic) bond motifs is 5. The third-order valence-electron chi connectivity index (χ3n) is 7.68. The first-order valence-electron chi connectivity index (χ1n) is 11.4. The minimum atomic E-state index is -0.673. The molecule has 5 rings (SSSR count). The van der Waals surface area contributed by atoms with Crippen LogP contribution in [0.5, 0.6) is 0 Å². The standard InChI is InChI=1S/C27H24F2N4O/c1-4-5-6-10-22(34)21-14-30-15-23(31-21)27-12-11-17(26(27,2)3)16-13-20(32-33-25(16)27)24-18(28)8-7-9-19(24)29/h1,7-9,13-15,17H,5-6,10-12H2,2-3H3/t17-,27-/m0/s1. The normalized spacial score (nSPS) is 21.8. The summed E-state index contributed by atoms with van der Waals surface area (Å²) < 4.78 is 28.9. The molecule has 7 heteroatoms. The molecule has 2 aromatic heterocycles. The molecule has 0 unspecified atom stereocenters. The summed E-state index contributed by atoms with van der Waals surface area (Å²) in [6.45, 7) is 4.30. The molecule has 2 aliphatic carbocycles. The number of halogens is 2. The predicted molar refractivity (Wildman–Crippen MR) is 123 cm³/mol. The molecular formula is C27H24F2N4O. The highest BCUT2D eigenvalue weighted by Gasteiger charge is 2.65. The molecule has 0 amide bonds. The summed E-state index contributed by atoms with van der Waals surface area (Å²) in [6.07, 6.45) is 11.6. The first-order chi connectivity index (χ1) is 16.3. The fourth-order valence-corrected chi connectivity index (χ4v) is 5.94. The number of aromatic nitrogens is 4. The molecule has 0 N–H and O–H groups in total. The van der Waals surface area contributed by atoms with Crippen molar-refractivity contribution in [2.24, 2.45) is 5.41 Å². The lowest BCUT2D eigenvalue weighted by Gasteiger charge is -2.37. The summed E-state index contributed by atoms with van der Waals surface area (Å²) in [5, 5.41) is 8.76. The molecule has 1 fully saturated rings. The van der Waals surface area contributed by atoms with Crippen molar-refractivity contribution in [2.75, 3.05) is 0 Å². The number of hydrogen-bond acceptors (Lipinski definition) is 5. The van der Waals surface area contributed by atoms with Crippen molar-refractivity contribution < 1.29 is 13.6 Å². The van der Waals surface area contributed by atoms with Crippen LogP contribution in [0.3, 0.4) is 0 Å². The maximum Gasteiger partial charge on any atom is 0.182 e. The van der Waals surface area contributed by atoms with E-state index >= 15 is 0 Å². The van der Waals surface area contributed by atoms with E-state index < -0.39 is 17.0 Å². The van der Waals surface area contributed by atoms with Crippen molar-refractivity contribution in [2.45, 2.75) is 57.3 Å². The fraction of sp³-hybridized carbons (Fsp3) is 0.370. The Kier molecular flexibility index (Phi) is 5.27. The van der Waals surface area contributed by atoms with Crippen LogP contribution in [0.2, 0.25) is 0 Å². The summed E-state index contributed by atoms with van der Waals surface area (Å²) >= 11 is 0. The number of Topliss-reactive ketones (excluding diaryl/α,β-unsaturated/α-hetero) is 1. The number of carbonyl (C=O) groups is 1. The molecular weight excluding hydrogens is 434 g/mol. The molecule has 2 atom stereocenters. The number of hydrogen-bond donors (Lipinski definition) is 0. The predicted octanol–water partition coefficient (Wildman–Crippen LogP) is 5.40. The fourth-order valence-electron chi connectivity index (χ4n) is 5.94. The Morgan fingerprint density at radius 1 is 1.21 bits per heavy atom. The molecule has 172 valence electrons. The van der Waals surface area contributed by atoms with Gasteiger partial charge >= 0.3 is 0 Å². The molecule has 0 spiro atoms. The average molecular weight is 459 g/mol. The zero-order chi connectivity index (χ0) is 24.1. The van der Waals surface area contributed by atoms with Gasteiger partial charge in [0.25, 0.3) is 0 Å². The van der Waals surface area contributed by atoms with E-state index in [1.54, 1.807) is 12.3 Å². The summed E-state index contributed by atoms with van der Waals surface area (Å²) in [5.41, 5.74) is 1.79. The maximum absolute atomic E-state index is 14.4. The van der Waals surface area contributed by atoms with E-state index in [0.29, 0.717) is 30.7 Å². The summed E-state index contributed by atoms with van der Waals surface area (Å²) in [7, 11) is 0. The third-order valence-corrected chi connectivity index (χ3v) is 7.68. The van der Waals surface area contributed by atoms with E-state index in [-0.39, 0.29) is 28.4 Å². The van der Waals surface area contributed by atoms with Crippen molar-refractivity contribution >= 4 is 5.78 Å². The van der Waals surface area contributed by atoms with Gasteiger partial charge in [-0.1, -0.05) is 19.9 Å². The van der Waals surface area contributed by atoms with Gasteiger partial charge in [-0.2, -0.15) is 5.10 Å². The van der Waals surface area contributed by atoms with E-state index in [1.807, 2.05) is 0 Å². The van der Waals surface area contributed by atoms with Gasteiger partial charge in [0.05, 0.1) is 34.3 Å². The van der Waals surface area contributed by atoms with Crippen LogP contribution in [0, 0.1) is 29.4 Å². The summed E-state index contributed by atoms with van der Waals surface area (Å²) in [4.78, 5) is 21.8. The van der Waals surface area contributed by atoms with E-state index in [1.165, 1.54) is 24.4 Å². The van der Waals surface area contributed by atoms with Gasteiger partial charge in [-0.3, -0.25) is 9.78 Å². The Labute approximate surface area is 197 Å². The summed E-state index contributed by atoms with van der Waals surface area (Å²) in [5.74, 6) is 1.22. The zero-order valence-electron chi connectivity index (χ0n) is 19.1. The average Bonchev–Trinajstić information content (AvgIpc) is 3.20. The topological polar surface area (TPSA) is 68.6 Å². The van der Waals surface area contributed by atoms with Crippen molar-refractivity contribution in [3.8, 4) is 23.6 Å². The molecule has 0 aliphatic heterocycles. The third kappa shape index (κ3) is 3.08. The van der Waals surface area contributed by atoms with E-state index in [4.69, 9.17) is 11.4 Å². The second-order valence-electron chi connectivity index (χ2n) is 9.62.